The number of para-hydroxylation sites is 2. The maximum absolute atomic E-state index is 5.94. The standard InChI is InChI=1S/C16H20N2O2/c1-18(16-6-4-3-5-15(16)17)11-12-20-14-9-7-13(19-2)8-10-14/h3-10H,11-12,17H2,1-2H3. The lowest BCUT2D eigenvalue weighted by atomic mass is 10.2. The van der Waals surface area contributed by atoms with Crippen molar-refractivity contribution in [2.24, 2.45) is 0 Å². The van der Waals surface area contributed by atoms with E-state index in [2.05, 4.69) is 4.90 Å². The van der Waals surface area contributed by atoms with E-state index in [0.717, 1.165) is 29.4 Å². The maximum Gasteiger partial charge on any atom is 0.119 e. The number of likely N-dealkylation sites (N-methyl/N-ethyl adjacent to an activating group) is 1. The molecule has 0 unspecified atom stereocenters. The van der Waals surface area contributed by atoms with Crippen molar-refractivity contribution in [3.8, 4) is 11.5 Å². The van der Waals surface area contributed by atoms with Crippen molar-refractivity contribution in [1.29, 1.82) is 0 Å². The Morgan fingerprint density at radius 2 is 1.65 bits per heavy atom. The lowest BCUT2D eigenvalue weighted by Crippen LogP contribution is -2.24. The topological polar surface area (TPSA) is 47.7 Å². The molecule has 0 amide bonds. The van der Waals surface area contributed by atoms with E-state index in [0.29, 0.717) is 6.61 Å². The zero-order chi connectivity index (χ0) is 14.4. The van der Waals surface area contributed by atoms with Gasteiger partial charge in [0, 0.05) is 7.05 Å². The molecule has 106 valence electrons. The molecule has 0 heterocycles. The van der Waals surface area contributed by atoms with Gasteiger partial charge in [-0.25, -0.2) is 0 Å². The lowest BCUT2D eigenvalue weighted by molar-refractivity contribution is 0.325. The summed E-state index contributed by atoms with van der Waals surface area (Å²) >= 11 is 0. The highest BCUT2D eigenvalue weighted by molar-refractivity contribution is 5.66. The van der Waals surface area contributed by atoms with Gasteiger partial charge in [-0.2, -0.15) is 0 Å². The van der Waals surface area contributed by atoms with Gasteiger partial charge in [0.2, 0.25) is 0 Å². The van der Waals surface area contributed by atoms with E-state index in [1.54, 1.807) is 7.11 Å². The van der Waals surface area contributed by atoms with Crippen LogP contribution in [0.3, 0.4) is 0 Å². The molecule has 2 aromatic carbocycles. The molecule has 0 aromatic heterocycles. The summed E-state index contributed by atoms with van der Waals surface area (Å²) in [5, 5.41) is 0. The second-order valence-electron chi connectivity index (χ2n) is 4.50. The monoisotopic (exact) mass is 272 g/mol. The minimum absolute atomic E-state index is 0.594. The third-order valence-electron chi connectivity index (χ3n) is 3.10. The van der Waals surface area contributed by atoms with Gasteiger partial charge in [0.25, 0.3) is 0 Å². The number of nitrogens with two attached hydrogens (primary N) is 1. The summed E-state index contributed by atoms with van der Waals surface area (Å²) in [6, 6.07) is 15.4. The largest absolute Gasteiger partial charge is 0.497 e. The predicted octanol–water partition coefficient (Wildman–Crippen LogP) is 2.79. The van der Waals surface area contributed by atoms with E-state index in [4.69, 9.17) is 15.2 Å². The number of benzene rings is 2. The molecule has 4 heteroatoms. The Bertz CT molecular complexity index is 540. The fraction of sp³-hybridized carbons (Fsp3) is 0.250. The molecule has 0 spiro atoms. The van der Waals surface area contributed by atoms with Crippen LogP contribution >= 0.6 is 0 Å². The number of nitrogen functional groups attached to an aromatic ring is 1. The molecule has 2 rings (SSSR count). The van der Waals surface area contributed by atoms with Crippen molar-refractivity contribution >= 4 is 11.4 Å². The fourth-order valence-electron chi connectivity index (χ4n) is 1.93. The van der Waals surface area contributed by atoms with Crippen LogP contribution in [-0.2, 0) is 0 Å². The fourth-order valence-corrected chi connectivity index (χ4v) is 1.93. The molecule has 0 saturated carbocycles. The van der Waals surface area contributed by atoms with Crippen LogP contribution in [0.4, 0.5) is 11.4 Å². The predicted molar refractivity (Wildman–Crippen MR) is 82.6 cm³/mol. The first-order valence-corrected chi connectivity index (χ1v) is 6.53. The number of rotatable bonds is 6. The Labute approximate surface area is 119 Å². The van der Waals surface area contributed by atoms with Gasteiger partial charge < -0.3 is 20.1 Å². The van der Waals surface area contributed by atoms with Crippen LogP contribution in [0.15, 0.2) is 48.5 Å². The van der Waals surface area contributed by atoms with Crippen LogP contribution in [0.25, 0.3) is 0 Å². The molecule has 4 nitrogen and oxygen atoms in total. The third kappa shape index (κ3) is 3.57. The second-order valence-corrected chi connectivity index (χ2v) is 4.50. The number of methoxy groups -OCH3 is 1. The minimum Gasteiger partial charge on any atom is -0.497 e. The van der Waals surface area contributed by atoms with Crippen LogP contribution in [-0.4, -0.2) is 27.3 Å². The Morgan fingerprint density at radius 3 is 2.30 bits per heavy atom. The smallest absolute Gasteiger partial charge is 0.119 e. The molecule has 0 radical (unpaired) electrons. The summed E-state index contributed by atoms with van der Waals surface area (Å²) in [4.78, 5) is 2.08. The van der Waals surface area contributed by atoms with Crippen molar-refractivity contribution in [2.45, 2.75) is 0 Å². The number of hydrogen-bond acceptors (Lipinski definition) is 4. The van der Waals surface area contributed by atoms with Crippen LogP contribution in [0.1, 0.15) is 0 Å². The lowest BCUT2D eigenvalue weighted by Gasteiger charge is -2.21. The van der Waals surface area contributed by atoms with Crippen molar-refractivity contribution in [3.05, 3.63) is 48.5 Å². The van der Waals surface area contributed by atoms with E-state index >= 15 is 0 Å². The summed E-state index contributed by atoms with van der Waals surface area (Å²) in [6.07, 6.45) is 0. The number of hydrogen-bond donors (Lipinski definition) is 1. The Kier molecular flexibility index (Phi) is 4.71. The van der Waals surface area contributed by atoms with E-state index < -0.39 is 0 Å². The van der Waals surface area contributed by atoms with Gasteiger partial charge >= 0.3 is 0 Å². The molecular formula is C16H20N2O2. The number of anilines is 2. The highest BCUT2D eigenvalue weighted by Gasteiger charge is 2.04. The van der Waals surface area contributed by atoms with Gasteiger partial charge in [-0.1, -0.05) is 12.1 Å². The molecule has 0 atom stereocenters. The normalized spacial score (nSPS) is 10.1. The Balaban J connectivity index is 1.84. The SMILES string of the molecule is COc1ccc(OCCN(C)c2ccccc2N)cc1. The quantitative estimate of drug-likeness (QED) is 0.821. The third-order valence-corrected chi connectivity index (χ3v) is 3.10. The van der Waals surface area contributed by atoms with Gasteiger partial charge in [-0.15, -0.1) is 0 Å². The Hall–Kier alpha value is -2.36. The molecule has 0 aliphatic carbocycles. The van der Waals surface area contributed by atoms with Crippen LogP contribution in [0.2, 0.25) is 0 Å². The van der Waals surface area contributed by atoms with Crippen LogP contribution < -0.4 is 20.1 Å². The minimum atomic E-state index is 0.594. The van der Waals surface area contributed by atoms with Crippen molar-refractivity contribution < 1.29 is 9.47 Å². The average Bonchev–Trinajstić information content (AvgIpc) is 2.48. The summed E-state index contributed by atoms with van der Waals surface area (Å²) in [6.45, 7) is 1.36. The Morgan fingerprint density at radius 1 is 1.00 bits per heavy atom. The van der Waals surface area contributed by atoms with Gasteiger partial charge in [0.15, 0.2) is 0 Å². The van der Waals surface area contributed by atoms with E-state index in [-0.39, 0.29) is 0 Å². The molecular weight excluding hydrogens is 252 g/mol. The van der Waals surface area contributed by atoms with Gasteiger partial charge in [-0.3, -0.25) is 0 Å². The molecule has 0 saturated heterocycles. The molecule has 2 aromatic rings. The zero-order valence-corrected chi connectivity index (χ0v) is 11.9. The molecule has 20 heavy (non-hydrogen) atoms. The highest BCUT2D eigenvalue weighted by Crippen LogP contribution is 2.21. The van der Waals surface area contributed by atoms with Gasteiger partial charge in [0.05, 0.1) is 25.0 Å². The van der Waals surface area contributed by atoms with Crippen molar-refractivity contribution in [3.63, 3.8) is 0 Å². The zero-order valence-electron chi connectivity index (χ0n) is 11.9. The van der Waals surface area contributed by atoms with Crippen LogP contribution in [0.5, 0.6) is 11.5 Å². The van der Waals surface area contributed by atoms with Crippen molar-refractivity contribution in [1.82, 2.24) is 0 Å². The molecule has 0 aliphatic rings. The van der Waals surface area contributed by atoms with Crippen LogP contribution in [0, 0.1) is 0 Å². The molecule has 0 bridgehead atoms. The highest BCUT2D eigenvalue weighted by atomic mass is 16.5. The summed E-state index contributed by atoms with van der Waals surface area (Å²) < 4.78 is 10.8. The average molecular weight is 272 g/mol. The molecule has 2 N–H and O–H groups in total. The summed E-state index contributed by atoms with van der Waals surface area (Å²) in [5.41, 5.74) is 7.74. The van der Waals surface area contributed by atoms with Gasteiger partial charge in [-0.05, 0) is 36.4 Å². The molecule has 0 aliphatic heterocycles. The van der Waals surface area contributed by atoms with E-state index in [9.17, 15) is 0 Å². The van der Waals surface area contributed by atoms with Gasteiger partial charge in [0.1, 0.15) is 18.1 Å². The van der Waals surface area contributed by atoms with E-state index in [1.165, 1.54) is 0 Å². The maximum atomic E-state index is 5.94. The summed E-state index contributed by atoms with van der Waals surface area (Å²) in [7, 11) is 3.65. The molecule has 0 fully saturated rings. The van der Waals surface area contributed by atoms with E-state index in [1.807, 2.05) is 55.6 Å². The second kappa shape index (κ2) is 6.70. The first-order chi connectivity index (χ1) is 9.70. The number of ether oxygens (including phenoxy) is 2. The number of nitrogens with zero attached hydrogens (tertiary/aromatic N) is 1. The van der Waals surface area contributed by atoms with Crippen molar-refractivity contribution in [2.75, 3.05) is 37.9 Å². The first-order valence-electron chi connectivity index (χ1n) is 6.53. The first kappa shape index (κ1) is 14.1. The summed E-state index contributed by atoms with van der Waals surface area (Å²) in [5.74, 6) is 1.66.